The van der Waals surface area contributed by atoms with Gasteiger partial charge in [0.1, 0.15) is 0 Å². The maximum absolute atomic E-state index is 3.63. The van der Waals surface area contributed by atoms with E-state index < -0.39 is 0 Å². The smallest absolute Gasteiger partial charge is 0.0332 e. The first kappa shape index (κ1) is 18.3. The lowest BCUT2D eigenvalue weighted by Gasteiger charge is -2.15. The van der Waals surface area contributed by atoms with Crippen LogP contribution >= 0.6 is 0 Å². The number of rotatable bonds is 13. The van der Waals surface area contributed by atoms with Gasteiger partial charge in [0.15, 0.2) is 0 Å². The van der Waals surface area contributed by atoms with E-state index in [1.807, 2.05) is 0 Å². The van der Waals surface area contributed by atoms with E-state index in [-0.39, 0.29) is 0 Å². The average molecular weight is 293 g/mol. The second-order valence-corrected chi connectivity index (χ2v) is 6.22. The molecule has 2 nitrogen and oxygen atoms in total. The van der Waals surface area contributed by atoms with Crippen molar-refractivity contribution in [2.45, 2.75) is 91.1 Å². The van der Waals surface area contributed by atoms with Crippen molar-refractivity contribution >= 4 is 0 Å². The molecule has 0 aliphatic rings. The zero-order chi connectivity index (χ0) is 15.3. The number of aromatic nitrogens is 1. The van der Waals surface area contributed by atoms with Gasteiger partial charge in [0.25, 0.3) is 0 Å². The molecule has 0 fully saturated rings. The quantitative estimate of drug-likeness (QED) is 0.462. The fraction of sp³-hybridized carbons (Fsp3) is 0.789. The van der Waals surface area contributed by atoms with Crippen LogP contribution in [0.4, 0.5) is 0 Å². The number of aryl methyl sites for hydroxylation is 1. The molecule has 122 valence electrons. The molecule has 0 spiro atoms. The maximum Gasteiger partial charge on any atom is 0.0332 e. The van der Waals surface area contributed by atoms with E-state index in [4.69, 9.17) is 0 Å². The molecule has 0 aliphatic heterocycles. The summed E-state index contributed by atoms with van der Waals surface area (Å²) in [5.41, 5.74) is 1.45. The Morgan fingerprint density at radius 1 is 0.952 bits per heavy atom. The first-order valence-electron chi connectivity index (χ1n) is 9.20. The molecule has 1 heterocycles. The Bertz CT molecular complexity index is 343. The van der Waals surface area contributed by atoms with E-state index in [1.54, 1.807) is 0 Å². The monoisotopic (exact) mass is 292 g/mol. The van der Waals surface area contributed by atoms with Gasteiger partial charge in [-0.15, -0.1) is 0 Å². The third kappa shape index (κ3) is 7.71. The Kier molecular flexibility index (Phi) is 10.3. The Labute approximate surface area is 132 Å². The van der Waals surface area contributed by atoms with E-state index >= 15 is 0 Å². The summed E-state index contributed by atoms with van der Waals surface area (Å²) in [4.78, 5) is 0. The van der Waals surface area contributed by atoms with Gasteiger partial charge < -0.3 is 9.88 Å². The van der Waals surface area contributed by atoms with Crippen LogP contribution in [0.3, 0.4) is 0 Å². The third-order valence-corrected chi connectivity index (χ3v) is 4.24. The predicted molar refractivity (Wildman–Crippen MR) is 93.8 cm³/mol. The van der Waals surface area contributed by atoms with E-state index in [9.17, 15) is 0 Å². The molecule has 0 radical (unpaired) electrons. The first-order chi connectivity index (χ1) is 10.3. The Morgan fingerprint density at radius 3 is 2.33 bits per heavy atom. The van der Waals surface area contributed by atoms with Crippen molar-refractivity contribution < 1.29 is 0 Å². The molecule has 0 amide bonds. The molecule has 1 aromatic heterocycles. The van der Waals surface area contributed by atoms with Gasteiger partial charge in [-0.25, -0.2) is 0 Å². The maximum atomic E-state index is 3.63. The molecule has 0 saturated heterocycles. The number of hydrogen-bond acceptors (Lipinski definition) is 1. The van der Waals surface area contributed by atoms with Gasteiger partial charge in [0.05, 0.1) is 0 Å². The normalized spacial score (nSPS) is 12.7. The Hall–Kier alpha value is -0.760. The molecular formula is C19H36N2. The van der Waals surface area contributed by atoms with Crippen molar-refractivity contribution in [3.8, 4) is 0 Å². The summed E-state index contributed by atoms with van der Waals surface area (Å²) in [5, 5.41) is 3.63. The van der Waals surface area contributed by atoms with Crippen molar-refractivity contribution in [3.05, 3.63) is 24.0 Å². The van der Waals surface area contributed by atoms with Crippen LogP contribution in [0.15, 0.2) is 18.5 Å². The second kappa shape index (κ2) is 11.9. The molecule has 0 aliphatic carbocycles. The molecule has 1 aromatic rings. The number of nitrogens with one attached hydrogen (secondary N) is 1. The molecule has 1 N–H and O–H groups in total. The van der Waals surface area contributed by atoms with Crippen molar-refractivity contribution in [1.82, 2.24) is 9.88 Å². The summed E-state index contributed by atoms with van der Waals surface area (Å²) in [5.74, 6) is 0. The predicted octanol–water partition coefficient (Wildman–Crippen LogP) is 5.69. The standard InChI is InChI=1S/C19H36N2/c1-4-7-8-9-10-11-12-15-21-16-13-18(17-21)19(6-3)20-14-5-2/h13,16-17,19-20H,4-12,14-15H2,1-3H3. The highest BCUT2D eigenvalue weighted by Crippen LogP contribution is 2.17. The van der Waals surface area contributed by atoms with Crippen molar-refractivity contribution in [1.29, 1.82) is 0 Å². The van der Waals surface area contributed by atoms with E-state index in [0.717, 1.165) is 6.54 Å². The van der Waals surface area contributed by atoms with E-state index in [2.05, 4.69) is 49.1 Å². The van der Waals surface area contributed by atoms with Gasteiger partial charge in [-0.05, 0) is 37.4 Å². The highest BCUT2D eigenvalue weighted by atomic mass is 15.0. The molecule has 0 saturated carbocycles. The molecular weight excluding hydrogens is 256 g/mol. The molecule has 2 heteroatoms. The highest BCUT2D eigenvalue weighted by Gasteiger charge is 2.09. The molecule has 0 aromatic carbocycles. The van der Waals surface area contributed by atoms with Crippen LogP contribution in [0.1, 0.15) is 90.2 Å². The van der Waals surface area contributed by atoms with Crippen LogP contribution in [0.5, 0.6) is 0 Å². The molecule has 1 atom stereocenters. The van der Waals surface area contributed by atoms with Gasteiger partial charge in [0, 0.05) is 25.0 Å². The summed E-state index contributed by atoms with van der Waals surface area (Å²) < 4.78 is 2.37. The fourth-order valence-corrected chi connectivity index (χ4v) is 2.87. The lowest BCUT2D eigenvalue weighted by Crippen LogP contribution is -2.21. The minimum Gasteiger partial charge on any atom is -0.354 e. The molecule has 0 bridgehead atoms. The van der Waals surface area contributed by atoms with Crippen LogP contribution < -0.4 is 5.32 Å². The van der Waals surface area contributed by atoms with Gasteiger partial charge in [-0.3, -0.25) is 0 Å². The summed E-state index contributed by atoms with van der Waals surface area (Å²) in [6.07, 6.45) is 16.7. The summed E-state index contributed by atoms with van der Waals surface area (Å²) >= 11 is 0. The fourth-order valence-electron chi connectivity index (χ4n) is 2.87. The third-order valence-electron chi connectivity index (χ3n) is 4.24. The first-order valence-corrected chi connectivity index (χ1v) is 9.20. The van der Waals surface area contributed by atoms with Crippen LogP contribution in [-0.4, -0.2) is 11.1 Å². The Morgan fingerprint density at radius 2 is 1.67 bits per heavy atom. The zero-order valence-electron chi connectivity index (χ0n) is 14.5. The van der Waals surface area contributed by atoms with Gasteiger partial charge in [-0.1, -0.05) is 59.3 Å². The topological polar surface area (TPSA) is 17.0 Å². The van der Waals surface area contributed by atoms with Gasteiger partial charge in [0.2, 0.25) is 0 Å². The number of unbranched alkanes of at least 4 members (excludes halogenated alkanes) is 6. The Balaban J connectivity index is 2.21. The number of hydrogen-bond donors (Lipinski definition) is 1. The average Bonchev–Trinajstić information content (AvgIpc) is 2.96. The largest absolute Gasteiger partial charge is 0.354 e. The summed E-state index contributed by atoms with van der Waals surface area (Å²) in [6.45, 7) is 9.06. The minimum absolute atomic E-state index is 0.528. The lowest BCUT2D eigenvalue weighted by molar-refractivity contribution is 0.515. The molecule has 1 rings (SSSR count). The lowest BCUT2D eigenvalue weighted by atomic mass is 10.1. The summed E-state index contributed by atoms with van der Waals surface area (Å²) in [7, 11) is 0. The van der Waals surface area contributed by atoms with E-state index in [0.29, 0.717) is 6.04 Å². The van der Waals surface area contributed by atoms with Gasteiger partial charge >= 0.3 is 0 Å². The van der Waals surface area contributed by atoms with Crippen molar-refractivity contribution in [3.63, 3.8) is 0 Å². The van der Waals surface area contributed by atoms with E-state index in [1.165, 1.54) is 69.9 Å². The van der Waals surface area contributed by atoms with Crippen LogP contribution in [0, 0.1) is 0 Å². The molecule has 1 unspecified atom stereocenters. The van der Waals surface area contributed by atoms with Gasteiger partial charge in [-0.2, -0.15) is 0 Å². The van der Waals surface area contributed by atoms with Crippen LogP contribution in [-0.2, 0) is 6.54 Å². The highest BCUT2D eigenvalue weighted by molar-refractivity contribution is 5.15. The summed E-state index contributed by atoms with van der Waals surface area (Å²) in [6, 6.07) is 2.82. The molecule has 21 heavy (non-hydrogen) atoms. The van der Waals surface area contributed by atoms with Crippen molar-refractivity contribution in [2.24, 2.45) is 0 Å². The second-order valence-electron chi connectivity index (χ2n) is 6.22. The van der Waals surface area contributed by atoms with Crippen LogP contribution in [0.2, 0.25) is 0 Å². The SMILES string of the molecule is CCCCCCCCCn1ccc(C(CC)NCCC)c1. The zero-order valence-corrected chi connectivity index (χ0v) is 14.5. The van der Waals surface area contributed by atoms with Crippen molar-refractivity contribution in [2.75, 3.05) is 6.54 Å². The number of nitrogens with zero attached hydrogens (tertiary/aromatic N) is 1. The van der Waals surface area contributed by atoms with Crippen LogP contribution in [0.25, 0.3) is 0 Å². The minimum atomic E-state index is 0.528.